The molecule has 1 amide bonds. The van der Waals surface area contributed by atoms with E-state index in [2.05, 4.69) is 33.0 Å². The number of ether oxygens (including phenoxy) is 3. The quantitative estimate of drug-likeness (QED) is 0.402. The first-order valence-corrected chi connectivity index (χ1v) is 8.47. The maximum absolute atomic E-state index is 12.1. The van der Waals surface area contributed by atoms with Gasteiger partial charge in [-0.15, -0.1) is 0 Å². The van der Waals surface area contributed by atoms with E-state index in [0.717, 1.165) is 5.56 Å². The molecule has 0 aliphatic rings. The monoisotopic (exact) mass is 418 g/mol. The van der Waals surface area contributed by atoms with Crippen molar-refractivity contribution >= 4 is 28.1 Å². The predicted molar refractivity (Wildman–Crippen MR) is 104 cm³/mol. The summed E-state index contributed by atoms with van der Waals surface area (Å²) in [7, 11) is 3.09. The molecule has 1 N–H and O–H groups in total. The minimum Gasteiger partial charge on any atom is -0.497 e. The molecule has 0 bridgehead atoms. The summed E-state index contributed by atoms with van der Waals surface area (Å²) in [6.45, 7) is 3.98. The van der Waals surface area contributed by atoms with Crippen LogP contribution in [-0.4, -0.2) is 32.9 Å². The van der Waals surface area contributed by atoms with Crippen LogP contribution in [-0.2, 0) is 0 Å². The van der Waals surface area contributed by atoms with Crippen molar-refractivity contribution in [3.63, 3.8) is 0 Å². The third kappa shape index (κ3) is 5.10. The van der Waals surface area contributed by atoms with E-state index in [9.17, 15) is 4.79 Å². The lowest BCUT2D eigenvalue weighted by molar-refractivity contribution is 0.0955. The van der Waals surface area contributed by atoms with Gasteiger partial charge in [0.05, 0.1) is 24.9 Å². The van der Waals surface area contributed by atoms with E-state index in [4.69, 9.17) is 14.2 Å². The van der Waals surface area contributed by atoms with E-state index in [1.807, 2.05) is 6.07 Å². The van der Waals surface area contributed by atoms with Crippen LogP contribution in [0.4, 0.5) is 0 Å². The molecule has 6 nitrogen and oxygen atoms in total. The molecule has 0 saturated heterocycles. The number of hydrazone groups is 1. The maximum Gasteiger partial charge on any atom is 0.271 e. The number of rotatable bonds is 8. The van der Waals surface area contributed by atoms with Crippen molar-refractivity contribution < 1.29 is 19.0 Å². The fourth-order valence-electron chi connectivity index (χ4n) is 2.09. The van der Waals surface area contributed by atoms with Crippen LogP contribution in [0.2, 0.25) is 0 Å². The highest BCUT2D eigenvalue weighted by Gasteiger charge is 2.11. The van der Waals surface area contributed by atoms with Crippen LogP contribution in [0.5, 0.6) is 17.2 Å². The van der Waals surface area contributed by atoms with E-state index < -0.39 is 0 Å². The Hall–Kier alpha value is -2.80. The first-order chi connectivity index (χ1) is 12.6. The van der Waals surface area contributed by atoms with Crippen molar-refractivity contribution in [2.45, 2.75) is 0 Å². The number of halogens is 1. The van der Waals surface area contributed by atoms with Crippen LogP contribution in [0, 0.1) is 0 Å². The molecule has 0 heterocycles. The summed E-state index contributed by atoms with van der Waals surface area (Å²) in [5.41, 5.74) is 3.66. The second kappa shape index (κ2) is 9.62. The van der Waals surface area contributed by atoms with Gasteiger partial charge in [0.2, 0.25) is 0 Å². The fraction of sp³-hybridized carbons (Fsp3) is 0.158. The minimum atomic E-state index is -0.336. The molecular weight excluding hydrogens is 400 g/mol. The molecule has 0 fully saturated rings. The molecule has 0 aliphatic heterocycles. The predicted octanol–water partition coefficient (Wildman–Crippen LogP) is 3.80. The summed E-state index contributed by atoms with van der Waals surface area (Å²) < 4.78 is 16.7. The van der Waals surface area contributed by atoms with Crippen LogP contribution in [0.25, 0.3) is 0 Å². The number of methoxy groups -OCH3 is 2. The third-order valence-electron chi connectivity index (χ3n) is 3.31. The first-order valence-electron chi connectivity index (χ1n) is 7.67. The van der Waals surface area contributed by atoms with Crippen molar-refractivity contribution in [1.82, 2.24) is 5.43 Å². The van der Waals surface area contributed by atoms with E-state index >= 15 is 0 Å². The van der Waals surface area contributed by atoms with Crippen molar-refractivity contribution in [3.8, 4) is 17.2 Å². The highest BCUT2D eigenvalue weighted by Crippen LogP contribution is 2.36. The highest BCUT2D eigenvalue weighted by atomic mass is 79.9. The summed E-state index contributed by atoms with van der Waals surface area (Å²) in [6.07, 6.45) is 3.16. The minimum absolute atomic E-state index is 0.336. The van der Waals surface area contributed by atoms with Gasteiger partial charge in [0.15, 0.2) is 11.5 Å². The zero-order chi connectivity index (χ0) is 18.9. The molecule has 2 rings (SSSR count). The number of nitrogens with zero attached hydrogens (tertiary/aromatic N) is 1. The Bertz CT molecular complexity index is 821. The Labute approximate surface area is 160 Å². The Balaban J connectivity index is 2.10. The lowest BCUT2D eigenvalue weighted by Gasteiger charge is -2.12. The van der Waals surface area contributed by atoms with Gasteiger partial charge in [-0.3, -0.25) is 4.79 Å². The molecule has 0 radical (unpaired) electrons. The normalized spacial score (nSPS) is 10.4. The van der Waals surface area contributed by atoms with Gasteiger partial charge in [0.25, 0.3) is 5.91 Å². The van der Waals surface area contributed by atoms with Gasteiger partial charge in [0, 0.05) is 5.56 Å². The van der Waals surface area contributed by atoms with Crippen LogP contribution < -0.4 is 19.6 Å². The molecule has 2 aromatic carbocycles. The summed E-state index contributed by atoms with van der Waals surface area (Å²) >= 11 is 3.44. The zero-order valence-electron chi connectivity index (χ0n) is 14.5. The van der Waals surface area contributed by atoms with Crippen molar-refractivity contribution in [1.29, 1.82) is 0 Å². The van der Waals surface area contributed by atoms with E-state index in [1.54, 1.807) is 50.6 Å². The van der Waals surface area contributed by atoms with Crippen molar-refractivity contribution in [2.24, 2.45) is 5.10 Å². The first kappa shape index (κ1) is 19.5. The maximum atomic E-state index is 12.1. The fourth-order valence-corrected chi connectivity index (χ4v) is 2.67. The Morgan fingerprint density at radius 1 is 1.27 bits per heavy atom. The Kier molecular flexibility index (Phi) is 7.23. The number of nitrogens with one attached hydrogen (secondary N) is 1. The number of amides is 1. The van der Waals surface area contributed by atoms with E-state index in [-0.39, 0.29) is 5.91 Å². The van der Waals surface area contributed by atoms with Gasteiger partial charge >= 0.3 is 0 Å². The van der Waals surface area contributed by atoms with Gasteiger partial charge in [0.1, 0.15) is 12.4 Å². The van der Waals surface area contributed by atoms with Gasteiger partial charge in [-0.05, 0) is 51.8 Å². The standard InChI is InChI=1S/C19H19BrN2O4/c1-4-8-26-18-16(20)9-13(10-17(18)25-3)12-21-22-19(23)14-6-5-7-15(11-14)24-2/h4-7,9-12H,1,8H2,2-3H3,(H,22,23)/b21-12-. The molecule has 7 heteroatoms. The smallest absolute Gasteiger partial charge is 0.271 e. The summed E-state index contributed by atoms with van der Waals surface area (Å²) in [5.74, 6) is 1.38. The third-order valence-corrected chi connectivity index (χ3v) is 3.90. The van der Waals surface area contributed by atoms with Gasteiger partial charge in [-0.2, -0.15) is 5.10 Å². The molecule has 0 spiro atoms. The molecule has 0 atom stereocenters. The summed E-state index contributed by atoms with van der Waals surface area (Å²) in [6, 6.07) is 10.4. The second-order valence-corrected chi connectivity index (χ2v) is 5.92. The van der Waals surface area contributed by atoms with Crippen molar-refractivity contribution in [3.05, 3.63) is 64.7 Å². The topological polar surface area (TPSA) is 69.2 Å². The summed E-state index contributed by atoms with van der Waals surface area (Å²) in [5, 5.41) is 3.98. The number of benzene rings is 2. The SMILES string of the molecule is C=CCOc1c(Br)cc(/C=N\NC(=O)c2cccc(OC)c2)cc1OC. The van der Waals surface area contributed by atoms with E-state index in [0.29, 0.717) is 33.9 Å². The number of carbonyl (C=O) groups is 1. The average molecular weight is 419 g/mol. The highest BCUT2D eigenvalue weighted by molar-refractivity contribution is 9.10. The molecule has 2 aromatic rings. The lowest BCUT2D eigenvalue weighted by atomic mass is 10.2. The molecule has 0 saturated carbocycles. The molecule has 0 unspecified atom stereocenters. The van der Waals surface area contributed by atoms with Crippen LogP contribution in [0.15, 0.2) is 58.6 Å². The molecular formula is C19H19BrN2O4. The number of hydrogen-bond donors (Lipinski definition) is 1. The van der Waals surface area contributed by atoms with Crippen LogP contribution in [0.1, 0.15) is 15.9 Å². The molecule has 0 aromatic heterocycles. The van der Waals surface area contributed by atoms with Gasteiger partial charge in [-0.25, -0.2) is 5.43 Å². The molecule has 136 valence electrons. The van der Waals surface area contributed by atoms with E-state index in [1.165, 1.54) is 6.21 Å². The largest absolute Gasteiger partial charge is 0.497 e. The van der Waals surface area contributed by atoms with Gasteiger partial charge in [-0.1, -0.05) is 18.7 Å². The zero-order valence-corrected chi connectivity index (χ0v) is 16.1. The van der Waals surface area contributed by atoms with Crippen molar-refractivity contribution in [2.75, 3.05) is 20.8 Å². The average Bonchev–Trinajstić information content (AvgIpc) is 2.66. The van der Waals surface area contributed by atoms with Crippen LogP contribution in [0.3, 0.4) is 0 Å². The molecule has 0 aliphatic carbocycles. The summed E-state index contributed by atoms with van der Waals surface area (Å²) in [4.78, 5) is 12.1. The number of carbonyl (C=O) groups excluding carboxylic acids is 1. The second-order valence-electron chi connectivity index (χ2n) is 5.06. The Morgan fingerprint density at radius 2 is 2.08 bits per heavy atom. The van der Waals surface area contributed by atoms with Crippen LogP contribution >= 0.6 is 15.9 Å². The lowest BCUT2D eigenvalue weighted by Crippen LogP contribution is -2.17. The molecule has 26 heavy (non-hydrogen) atoms. The Morgan fingerprint density at radius 3 is 2.77 bits per heavy atom. The van der Waals surface area contributed by atoms with Gasteiger partial charge < -0.3 is 14.2 Å². The number of hydrogen-bond acceptors (Lipinski definition) is 5.